The normalized spacial score (nSPS) is 10.6. The van der Waals surface area contributed by atoms with Crippen LogP contribution in [0.2, 0.25) is 0 Å². The Hall–Kier alpha value is -2.54. The summed E-state index contributed by atoms with van der Waals surface area (Å²) in [4.78, 5) is 23.3. The van der Waals surface area contributed by atoms with Crippen molar-refractivity contribution in [3.63, 3.8) is 0 Å². The summed E-state index contributed by atoms with van der Waals surface area (Å²) in [5.41, 5.74) is 1.10. The third-order valence-electron chi connectivity index (χ3n) is 3.77. The average Bonchev–Trinajstić information content (AvgIpc) is 2.63. The molecule has 0 aliphatic carbocycles. The van der Waals surface area contributed by atoms with Crippen LogP contribution >= 0.6 is 0 Å². The van der Waals surface area contributed by atoms with E-state index >= 15 is 0 Å². The molecule has 0 radical (unpaired) electrons. The van der Waals surface area contributed by atoms with E-state index in [1.807, 2.05) is 18.7 Å². The van der Waals surface area contributed by atoms with Crippen LogP contribution in [0.4, 0.5) is 10.2 Å². The molecule has 0 saturated heterocycles. The van der Waals surface area contributed by atoms with Gasteiger partial charge in [-0.25, -0.2) is 14.4 Å². The highest BCUT2D eigenvalue weighted by Gasteiger charge is 2.18. The second-order valence-corrected chi connectivity index (χ2v) is 5.36. The van der Waals surface area contributed by atoms with Gasteiger partial charge < -0.3 is 15.0 Å². The minimum atomic E-state index is -0.318. The molecule has 0 bridgehead atoms. The third-order valence-corrected chi connectivity index (χ3v) is 3.77. The molecule has 0 saturated carbocycles. The number of methoxy groups -OCH3 is 1. The van der Waals surface area contributed by atoms with Crippen molar-refractivity contribution >= 4 is 11.7 Å². The molecule has 0 aliphatic rings. The number of amides is 1. The van der Waals surface area contributed by atoms with Crippen molar-refractivity contribution in [1.29, 1.82) is 0 Å². The fourth-order valence-electron chi connectivity index (χ4n) is 2.40. The van der Waals surface area contributed by atoms with Crippen molar-refractivity contribution in [1.82, 2.24) is 15.3 Å². The average molecular weight is 346 g/mol. The zero-order valence-electron chi connectivity index (χ0n) is 14.8. The number of nitrogens with zero attached hydrogens (tertiary/aromatic N) is 3. The highest BCUT2D eigenvalue weighted by atomic mass is 19.1. The van der Waals surface area contributed by atoms with Crippen molar-refractivity contribution in [3.05, 3.63) is 41.8 Å². The molecule has 25 heavy (non-hydrogen) atoms. The third kappa shape index (κ3) is 4.73. The van der Waals surface area contributed by atoms with Crippen molar-refractivity contribution < 1.29 is 13.9 Å². The maximum atomic E-state index is 13.1. The lowest BCUT2D eigenvalue weighted by molar-refractivity contribution is 0.0937. The number of rotatable bonds is 8. The zero-order valence-corrected chi connectivity index (χ0v) is 14.8. The van der Waals surface area contributed by atoms with E-state index in [2.05, 4.69) is 15.3 Å². The lowest BCUT2D eigenvalue weighted by Crippen LogP contribution is -2.31. The second kappa shape index (κ2) is 9.08. The van der Waals surface area contributed by atoms with Gasteiger partial charge in [0.1, 0.15) is 17.2 Å². The Labute approximate surface area is 147 Å². The minimum Gasteiger partial charge on any atom is -0.383 e. The largest absolute Gasteiger partial charge is 0.383 e. The highest BCUT2D eigenvalue weighted by molar-refractivity contribution is 5.98. The minimum absolute atomic E-state index is 0.246. The van der Waals surface area contributed by atoms with Crippen LogP contribution in [-0.2, 0) is 4.74 Å². The summed E-state index contributed by atoms with van der Waals surface area (Å²) < 4.78 is 18.1. The fraction of sp³-hybridized carbons (Fsp3) is 0.389. The van der Waals surface area contributed by atoms with Crippen molar-refractivity contribution in [2.75, 3.05) is 38.3 Å². The Bertz CT molecular complexity index is 703. The molecule has 0 spiro atoms. The Kier molecular flexibility index (Phi) is 6.82. The summed E-state index contributed by atoms with van der Waals surface area (Å²) in [6.07, 6.45) is 1.52. The van der Waals surface area contributed by atoms with Gasteiger partial charge >= 0.3 is 0 Å². The molecule has 134 valence electrons. The van der Waals surface area contributed by atoms with Crippen molar-refractivity contribution in [2.45, 2.75) is 13.8 Å². The smallest absolute Gasteiger partial charge is 0.256 e. The number of nitrogens with one attached hydrogen (secondary N) is 1. The SMILES string of the molecule is CCN(CC)c1nc(-c2ccc(F)cc2)ncc1C(=O)NCCOC. The first-order chi connectivity index (χ1) is 12.1. The molecule has 2 aromatic rings. The van der Waals surface area contributed by atoms with Gasteiger partial charge in [0.2, 0.25) is 0 Å². The van der Waals surface area contributed by atoms with Crippen LogP contribution in [0.5, 0.6) is 0 Å². The van der Waals surface area contributed by atoms with Gasteiger partial charge in [0.05, 0.1) is 6.61 Å². The van der Waals surface area contributed by atoms with Crippen LogP contribution in [0.3, 0.4) is 0 Å². The molecule has 0 fully saturated rings. The van der Waals surface area contributed by atoms with E-state index in [-0.39, 0.29) is 11.7 Å². The molecule has 1 N–H and O–H groups in total. The maximum absolute atomic E-state index is 13.1. The Morgan fingerprint density at radius 2 is 1.92 bits per heavy atom. The Morgan fingerprint density at radius 3 is 2.52 bits per heavy atom. The van der Waals surface area contributed by atoms with E-state index in [1.165, 1.54) is 18.3 Å². The van der Waals surface area contributed by atoms with Gasteiger partial charge in [-0.3, -0.25) is 4.79 Å². The number of benzene rings is 1. The van der Waals surface area contributed by atoms with Crippen LogP contribution in [0.25, 0.3) is 11.4 Å². The topological polar surface area (TPSA) is 67.4 Å². The number of carbonyl (C=O) groups excluding carboxylic acids is 1. The molecule has 1 aromatic heterocycles. The first kappa shape index (κ1) is 18.8. The number of hydrogen-bond donors (Lipinski definition) is 1. The van der Waals surface area contributed by atoms with Gasteiger partial charge in [0.15, 0.2) is 5.82 Å². The number of ether oxygens (including phenoxy) is 1. The number of carbonyl (C=O) groups is 1. The Balaban J connectivity index is 2.39. The quantitative estimate of drug-likeness (QED) is 0.744. The second-order valence-electron chi connectivity index (χ2n) is 5.36. The standard InChI is InChI=1S/C18H23FN4O2/c1-4-23(5-2)17-15(18(24)20-10-11-25-3)12-21-16(22-17)13-6-8-14(19)9-7-13/h6-9,12H,4-5,10-11H2,1-3H3,(H,20,24). The summed E-state index contributed by atoms with van der Waals surface area (Å²) >= 11 is 0. The molecule has 1 aromatic carbocycles. The molecule has 0 aliphatic heterocycles. The van der Waals surface area contributed by atoms with E-state index in [1.54, 1.807) is 19.2 Å². The first-order valence-electron chi connectivity index (χ1n) is 8.25. The van der Waals surface area contributed by atoms with Crippen LogP contribution in [-0.4, -0.2) is 49.2 Å². The number of hydrogen-bond acceptors (Lipinski definition) is 5. The fourth-order valence-corrected chi connectivity index (χ4v) is 2.40. The molecular formula is C18H23FN4O2. The summed E-state index contributed by atoms with van der Waals surface area (Å²) in [6, 6.07) is 5.96. The monoisotopic (exact) mass is 346 g/mol. The highest BCUT2D eigenvalue weighted by Crippen LogP contribution is 2.22. The zero-order chi connectivity index (χ0) is 18.2. The van der Waals surface area contributed by atoms with Gasteiger partial charge in [0.25, 0.3) is 5.91 Å². The molecule has 6 nitrogen and oxygen atoms in total. The summed E-state index contributed by atoms with van der Waals surface area (Å²) in [7, 11) is 1.58. The number of anilines is 1. The predicted molar refractivity (Wildman–Crippen MR) is 95.2 cm³/mol. The molecular weight excluding hydrogens is 323 g/mol. The van der Waals surface area contributed by atoms with Crippen LogP contribution in [0, 0.1) is 5.82 Å². The van der Waals surface area contributed by atoms with E-state index in [0.29, 0.717) is 49.0 Å². The lowest BCUT2D eigenvalue weighted by atomic mass is 10.2. The first-order valence-corrected chi connectivity index (χ1v) is 8.25. The van der Waals surface area contributed by atoms with Gasteiger partial charge in [0, 0.05) is 38.5 Å². The summed E-state index contributed by atoms with van der Waals surface area (Å²) in [6.45, 7) is 6.24. The van der Waals surface area contributed by atoms with Crippen LogP contribution < -0.4 is 10.2 Å². The van der Waals surface area contributed by atoms with E-state index in [4.69, 9.17) is 4.74 Å². The summed E-state index contributed by atoms with van der Waals surface area (Å²) in [5, 5.41) is 2.79. The number of halogens is 1. The van der Waals surface area contributed by atoms with Crippen molar-refractivity contribution in [2.24, 2.45) is 0 Å². The lowest BCUT2D eigenvalue weighted by Gasteiger charge is -2.22. The summed E-state index contributed by atoms with van der Waals surface area (Å²) in [5.74, 6) is 0.455. The van der Waals surface area contributed by atoms with Crippen LogP contribution in [0.1, 0.15) is 24.2 Å². The molecule has 0 unspecified atom stereocenters. The van der Waals surface area contributed by atoms with E-state index in [9.17, 15) is 9.18 Å². The molecule has 1 heterocycles. The molecule has 7 heteroatoms. The van der Waals surface area contributed by atoms with Crippen molar-refractivity contribution in [3.8, 4) is 11.4 Å². The predicted octanol–water partition coefficient (Wildman–Crippen LogP) is 2.51. The van der Waals surface area contributed by atoms with E-state index < -0.39 is 0 Å². The molecule has 1 amide bonds. The van der Waals surface area contributed by atoms with Gasteiger partial charge in [-0.1, -0.05) is 0 Å². The van der Waals surface area contributed by atoms with E-state index in [0.717, 1.165) is 0 Å². The molecule has 2 rings (SSSR count). The van der Waals surface area contributed by atoms with Gasteiger partial charge in [-0.2, -0.15) is 0 Å². The van der Waals surface area contributed by atoms with Crippen LogP contribution in [0.15, 0.2) is 30.5 Å². The van der Waals surface area contributed by atoms with Gasteiger partial charge in [-0.15, -0.1) is 0 Å². The number of aromatic nitrogens is 2. The Morgan fingerprint density at radius 1 is 1.24 bits per heavy atom. The maximum Gasteiger partial charge on any atom is 0.256 e. The van der Waals surface area contributed by atoms with Gasteiger partial charge in [-0.05, 0) is 38.1 Å². The molecule has 0 atom stereocenters.